The van der Waals surface area contributed by atoms with Gasteiger partial charge < -0.3 is 10.2 Å². The van der Waals surface area contributed by atoms with Crippen molar-refractivity contribution in [2.75, 3.05) is 25.0 Å². The number of piperidine rings is 1. The fraction of sp³-hybridized carbons (Fsp3) is 0.500. The Bertz CT molecular complexity index is 905. The zero-order valence-corrected chi connectivity index (χ0v) is 15.9. The minimum atomic E-state index is -0.0612. The number of hydrogen-bond donors (Lipinski definition) is 1. The van der Waals surface area contributed by atoms with Crippen LogP contribution >= 0.6 is 11.6 Å². The number of rotatable bonds is 2. The Balaban J connectivity index is 1.41. The summed E-state index contributed by atoms with van der Waals surface area (Å²) in [4.78, 5) is 15.2. The number of likely N-dealkylation sites (tertiary alicyclic amines) is 1. The van der Waals surface area contributed by atoms with Crippen LogP contribution in [-0.4, -0.2) is 40.2 Å². The van der Waals surface area contributed by atoms with Crippen molar-refractivity contribution >= 4 is 23.3 Å². The summed E-state index contributed by atoms with van der Waals surface area (Å²) in [6, 6.07) is 8.11. The molecule has 2 aliphatic heterocycles. The lowest BCUT2D eigenvalue weighted by Gasteiger charge is -2.33. The molecule has 1 amide bonds. The standard InChI is InChI=1S/C20H23ClN4O/c1-19(2)6-7-22-17-16(10-23-25(17)19)18(26)24-11-14-9-20(14,12-24)13-4-3-5-15(21)8-13/h3-5,8,10,14,22H,6-7,9,11-12H2,1-2H3. The molecule has 2 aromatic rings. The fourth-order valence-electron chi connectivity index (χ4n) is 4.78. The molecule has 1 aromatic heterocycles. The molecule has 0 radical (unpaired) electrons. The van der Waals surface area contributed by atoms with Gasteiger partial charge in [-0.25, -0.2) is 4.68 Å². The van der Waals surface area contributed by atoms with E-state index in [4.69, 9.17) is 11.6 Å². The van der Waals surface area contributed by atoms with Gasteiger partial charge in [-0.15, -0.1) is 0 Å². The van der Waals surface area contributed by atoms with Crippen LogP contribution in [0.3, 0.4) is 0 Å². The van der Waals surface area contributed by atoms with Crippen LogP contribution in [0.5, 0.6) is 0 Å². The number of fused-ring (bicyclic) bond motifs is 2. The van der Waals surface area contributed by atoms with Crippen LogP contribution in [0.1, 0.15) is 42.6 Å². The van der Waals surface area contributed by atoms with Crippen molar-refractivity contribution in [1.29, 1.82) is 0 Å². The van der Waals surface area contributed by atoms with Crippen LogP contribution in [0.4, 0.5) is 5.82 Å². The van der Waals surface area contributed by atoms with Gasteiger partial charge in [0.1, 0.15) is 11.4 Å². The highest BCUT2D eigenvalue weighted by Gasteiger charge is 2.61. The predicted octanol–water partition coefficient (Wildman–Crippen LogP) is 3.50. The third-order valence-electron chi connectivity index (χ3n) is 6.43. The number of carbonyl (C=O) groups is 1. The molecule has 26 heavy (non-hydrogen) atoms. The van der Waals surface area contributed by atoms with Crippen molar-refractivity contribution in [3.05, 3.63) is 46.6 Å². The summed E-state index contributed by atoms with van der Waals surface area (Å²) in [5, 5.41) is 8.65. The summed E-state index contributed by atoms with van der Waals surface area (Å²) in [7, 11) is 0. The van der Waals surface area contributed by atoms with E-state index in [1.165, 1.54) is 5.56 Å². The van der Waals surface area contributed by atoms with Gasteiger partial charge in [0.25, 0.3) is 5.91 Å². The number of halogens is 1. The average Bonchev–Trinajstić information content (AvgIpc) is 2.97. The molecular weight excluding hydrogens is 348 g/mol. The molecule has 1 aliphatic carbocycles. The highest BCUT2D eigenvalue weighted by atomic mass is 35.5. The molecule has 6 heteroatoms. The lowest BCUT2D eigenvalue weighted by Crippen LogP contribution is -2.37. The van der Waals surface area contributed by atoms with Crippen molar-refractivity contribution in [2.45, 2.75) is 37.6 Å². The lowest BCUT2D eigenvalue weighted by atomic mass is 9.95. The van der Waals surface area contributed by atoms with Gasteiger partial charge in [0.15, 0.2) is 0 Å². The molecule has 5 rings (SSSR count). The van der Waals surface area contributed by atoms with E-state index in [1.807, 2.05) is 21.7 Å². The molecule has 2 atom stereocenters. The maximum atomic E-state index is 13.2. The first-order valence-electron chi connectivity index (χ1n) is 9.28. The Morgan fingerprint density at radius 1 is 1.38 bits per heavy atom. The maximum Gasteiger partial charge on any atom is 0.259 e. The molecule has 2 unspecified atom stereocenters. The summed E-state index contributed by atoms with van der Waals surface area (Å²) in [6.45, 7) is 6.79. The van der Waals surface area contributed by atoms with Crippen molar-refractivity contribution < 1.29 is 4.79 Å². The molecule has 5 nitrogen and oxygen atoms in total. The van der Waals surface area contributed by atoms with Crippen LogP contribution in [0.25, 0.3) is 0 Å². The van der Waals surface area contributed by atoms with Crippen molar-refractivity contribution in [3.8, 4) is 0 Å². The first kappa shape index (κ1) is 16.2. The van der Waals surface area contributed by atoms with E-state index < -0.39 is 0 Å². The molecule has 1 N–H and O–H groups in total. The van der Waals surface area contributed by atoms with Gasteiger partial charge in [0.2, 0.25) is 0 Å². The Morgan fingerprint density at radius 2 is 2.23 bits per heavy atom. The largest absolute Gasteiger partial charge is 0.370 e. The molecular formula is C20H23ClN4O. The van der Waals surface area contributed by atoms with Crippen LogP contribution in [0, 0.1) is 5.92 Å². The topological polar surface area (TPSA) is 50.2 Å². The Hall–Kier alpha value is -2.01. The van der Waals surface area contributed by atoms with Crippen LogP contribution < -0.4 is 5.32 Å². The van der Waals surface area contributed by atoms with E-state index in [-0.39, 0.29) is 16.9 Å². The lowest BCUT2D eigenvalue weighted by molar-refractivity contribution is 0.0773. The third-order valence-corrected chi connectivity index (χ3v) is 6.67. The monoisotopic (exact) mass is 370 g/mol. The molecule has 3 heterocycles. The van der Waals surface area contributed by atoms with E-state index in [1.54, 1.807) is 6.20 Å². The summed E-state index contributed by atoms with van der Waals surface area (Å²) in [5.74, 6) is 1.49. The number of nitrogens with one attached hydrogen (secondary N) is 1. The average molecular weight is 371 g/mol. The number of anilines is 1. The second kappa shape index (κ2) is 5.26. The van der Waals surface area contributed by atoms with Crippen LogP contribution in [0.15, 0.2) is 30.5 Å². The SMILES string of the molecule is CC1(C)CCNc2c(C(=O)N3CC4CC4(c4cccc(Cl)c4)C3)cnn21. The molecule has 136 valence electrons. The Morgan fingerprint density at radius 3 is 3.04 bits per heavy atom. The zero-order chi connectivity index (χ0) is 18.1. The van der Waals surface area contributed by atoms with Crippen LogP contribution in [0.2, 0.25) is 5.02 Å². The summed E-state index contributed by atoms with van der Waals surface area (Å²) in [6.07, 6.45) is 3.88. The highest BCUT2D eigenvalue weighted by Crippen LogP contribution is 2.59. The Kier molecular flexibility index (Phi) is 3.27. The van der Waals surface area contributed by atoms with Gasteiger partial charge in [-0.1, -0.05) is 23.7 Å². The quantitative estimate of drug-likeness (QED) is 0.880. The molecule has 0 bridgehead atoms. The summed E-state index contributed by atoms with van der Waals surface area (Å²) >= 11 is 6.19. The molecule has 1 aromatic carbocycles. The van der Waals surface area contributed by atoms with Gasteiger partial charge in [-0.05, 0) is 50.3 Å². The number of benzene rings is 1. The minimum absolute atomic E-state index is 0.0612. The van der Waals surface area contributed by atoms with Crippen molar-refractivity contribution in [1.82, 2.24) is 14.7 Å². The summed E-state index contributed by atoms with van der Waals surface area (Å²) in [5.41, 5.74) is 2.00. The summed E-state index contributed by atoms with van der Waals surface area (Å²) < 4.78 is 1.97. The van der Waals surface area contributed by atoms with E-state index in [9.17, 15) is 4.79 Å². The van der Waals surface area contributed by atoms with Gasteiger partial charge in [0, 0.05) is 30.1 Å². The van der Waals surface area contributed by atoms with Gasteiger partial charge in [-0.2, -0.15) is 5.10 Å². The van der Waals surface area contributed by atoms with Crippen molar-refractivity contribution in [3.63, 3.8) is 0 Å². The number of hydrogen-bond acceptors (Lipinski definition) is 3. The van der Waals surface area contributed by atoms with E-state index in [2.05, 4.69) is 36.4 Å². The normalized spacial score (nSPS) is 28.3. The van der Waals surface area contributed by atoms with E-state index in [0.29, 0.717) is 11.5 Å². The molecule has 3 aliphatic rings. The smallest absolute Gasteiger partial charge is 0.259 e. The van der Waals surface area contributed by atoms with Gasteiger partial charge in [0.05, 0.1) is 11.7 Å². The number of carbonyl (C=O) groups excluding carboxylic acids is 1. The number of nitrogens with zero attached hydrogens (tertiary/aromatic N) is 3. The fourth-order valence-corrected chi connectivity index (χ4v) is 4.97. The second-order valence-electron chi connectivity index (χ2n) is 8.56. The van der Waals surface area contributed by atoms with Crippen LogP contribution in [-0.2, 0) is 11.0 Å². The van der Waals surface area contributed by atoms with E-state index in [0.717, 1.165) is 43.3 Å². The number of amides is 1. The van der Waals surface area contributed by atoms with Gasteiger partial charge in [-0.3, -0.25) is 4.79 Å². The first-order chi connectivity index (χ1) is 12.4. The third kappa shape index (κ3) is 2.22. The molecule has 1 saturated carbocycles. The van der Waals surface area contributed by atoms with Crippen molar-refractivity contribution in [2.24, 2.45) is 5.92 Å². The molecule has 0 spiro atoms. The zero-order valence-electron chi connectivity index (χ0n) is 15.1. The van der Waals surface area contributed by atoms with Gasteiger partial charge >= 0.3 is 0 Å². The first-order valence-corrected chi connectivity index (χ1v) is 9.66. The van der Waals surface area contributed by atoms with E-state index >= 15 is 0 Å². The maximum absolute atomic E-state index is 13.2. The Labute approximate surface area is 158 Å². The minimum Gasteiger partial charge on any atom is -0.370 e. The predicted molar refractivity (Wildman–Crippen MR) is 102 cm³/mol. The number of aromatic nitrogens is 2. The second-order valence-corrected chi connectivity index (χ2v) is 9.00. The molecule has 1 saturated heterocycles. The molecule has 2 fully saturated rings. The highest BCUT2D eigenvalue weighted by molar-refractivity contribution is 6.30.